The third-order valence-electron chi connectivity index (χ3n) is 15.2. The molecule has 0 amide bonds. The van der Waals surface area contributed by atoms with Gasteiger partial charge in [0.15, 0.2) is 73.8 Å². The number of hydrogen-bond acceptors (Lipinski definition) is 26. The zero-order valence-corrected chi connectivity index (χ0v) is 51.7. The van der Waals surface area contributed by atoms with Crippen LogP contribution in [0.25, 0.3) is 0 Å². The molecule has 0 saturated carbocycles. The molecule has 0 aromatic heterocycles. The molecule has 4 aliphatic heterocycles. The average molecular weight is 1310 g/mol. The summed E-state index contributed by atoms with van der Waals surface area (Å²) in [6, 6.07) is 46.2. The highest BCUT2D eigenvalue weighted by Crippen LogP contribution is 2.42. The van der Waals surface area contributed by atoms with Crippen molar-refractivity contribution in [2.24, 2.45) is 0 Å². The van der Waals surface area contributed by atoms with Gasteiger partial charge in [0.2, 0.25) is 0 Å². The Labute approximate surface area is 543 Å². The van der Waals surface area contributed by atoms with E-state index in [-0.39, 0.29) is 33.4 Å². The van der Waals surface area contributed by atoms with Gasteiger partial charge in [0, 0.05) is 34.8 Å². The monoisotopic (exact) mass is 1310 g/mol. The van der Waals surface area contributed by atoms with E-state index in [0.29, 0.717) is 0 Å². The van der Waals surface area contributed by atoms with Crippen LogP contribution in [0.1, 0.15) is 89.8 Å². The maximum absolute atomic E-state index is 14.6. The molecule has 26 heteroatoms. The summed E-state index contributed by atoms with van der Waals surface area (Å²) >= 11 is 0. The van der Waals surface area contributed by atoms with Crippen LogP contribution in [0.3, 0.4) is 0 Å². The lowest BCUT2D eigenvalue weighted by atomic mass is 9.96. The van der Waals surface area contributed by atoms with Crippen LogP contribution in [-0.4, -0.2) is 179 Å². The van der Waals surface area contributed by atoms with Gasteiger partial charge in [-0.1, -0.05) is 109 Å². The van der Waals surface area contributed by atoms with Crippen molar-refractivity contribution in [3.05, 3.63) is 215 Å². The first-order valence-corrected chi connectivity index (χ1v) is 30.0. The minimum atomic E-state index is -2.26. The number of fused-ring (bicyclic) bond motifs is 1. The molecule has 4 saturated heterocycles. The second kappa shape index (κ2) is 31.4. The minimum Gasteiger partial charge on any atom is -0.463 e. The molecule has 4 heterocycles. The largest absolute Gasteiger partial charge is 0.463 e. The molecular formula is C69H66O26. The summed E-state index contributed by atoms with van der Waals surface area (Å²) < 4.78 is 105. The van der Waals surface area contributed by atoms with Crippen LogP contribution >= 0.6 is 0 Å². The molecule has 0 unspecified atom stereocenters. The van der Waals surface area contributed by atoms with Gasteiger partial charge >= 0.3 is 53.7 Å². The molecule has 4 fully saturated rings. The van der Waals surface area contributed by atoms with E-state index in [2.05, 4.69) is 0 Å². The van der Waals surface area contributed by atoms with Gasteiger partial charge in [-0.3, -0.25) is 19.1 Å². The normalized spacial score (nSPS) is 27.6. The summed E-state index contributed by atoms with van der Waals surface area (Å²) in [5, 5.41) is 0. The maximum atomic E-state index is 14.6. The van der Waals surface area contributed by atoms with Crippen molar-refractivity contribution in [2.45, 2.75) is 126 Å². The number of rotatable bonds is 23. The third kappa shape index (κ3) is 17.2. The Balaban J connectivity index is 1.06. The van der Waals surface area contributed by atoms with Crippen LogP contribution in [-0.2, 0) is 94.9 Å². The number of hydrogen-bond donors (Lipinski definition) is 0. The number of carbonyl (C=O) groups is 9. The quantitative estimate of drug-likeness (QED) is 0.0475. The predicted molar refractivity (Wildman–Crippen MR) is 321 cm³/mol. The Morgan fingerprint density at radius 3 is 1.03 bits per heavy atom. The first kappa shape index (κ1) is 68.1. The first-order valence-electron chi connectivity index (χ1n) is 30.0. The second-order valence-corrected chi connectivity index (χ2v) is 21.9. The van der Waals surface area contributed by atoms with Crippen LogP contribution in [0, 0.1) is 0 Å². The molecule has 95 heavy (non-hydrogen) atoms. The minimum absolute atomic E-state index is 0.00261. The molecular weight excluding hydrogens is 1240 g/mol. The average Bonchev–Trinajstić information content (AvgIpc) is 1.68. The fraction of sp³-hybridized carbons (Fsp3) is 0.348. The summed E-state index contributed by atoms with van der Waals surface area (Å²) in [7, 11) is 1.21. The van der Waals surface area contributed by atoms with E-state index in [1.165, 1.54) is 86.8 Å². The van der Waals surface area contributed by atoms with E-state index in [9.17, 15) is 43.2 Å². The number of methoxy groups -OCH3 is 1. The summed E-state index contributed by atoms with van der Waals surface area (Å²) in [5.74, 6) is -10.5. The summed E-state index contributed by atoms with van der Waals surface area (Å²) in [4.78, 5) is 124. The zero-order valence-electron chi connectivity index (χ0n) is 51.7. The number of ether oxygens (including phenoxy) is 17. The Morgan fingerprint density at radius 1 is 0.347 bits per heavy atom. The van der Waals surface area contributed by atoms with Gasteiger partial charge in [-0.05, 0) is 72.8 Å². The lowest BCUT2D eigenvalue weighted by Gasteiger charge is -2.46. The molecule has 6 aromatic rings. The molecule has 16 atom stereocenters. The number of carbonyl (C=O) groups excluding carboxylic acids is 9. The van der Waals surface area contributed by atoms with E-state index >= 15 is 0 Å². The van der Waals surface area contributed by atoms with Crippen molar-refractivity contribution in [3.8, 4) is 0 Å². The summed E-state index contributed by atoms with van der Waals surface area (Å²) in [6.45, 7) is 2.51. The Kier molecular flexibility index (Phi) is 22.5. The van der Waals surface area contributed by atoms with Crippen molar-refractivity contribution in [1.82, 2.24) is 0 Å². The zero-order chi connectivity index (χ0) is 67.2. The molecule has 10 rings (SSSR count). The maximum Gasteiger partial charge on any atom is 0.338 e. The molecule has 4 aliphatic rings. The first-order chi connectivity index (χ1) is 45.8. The Bertz CT molecular complexity index is 3620. The SMILES string of the molecule is CO[C@H]1O[C@H](CO[C@H]2O[C@H](CO[C@]3(C)O[C@@H]4O[C@H](COC(C)=O)[C@@H](OC(C)=O)[C@H](OC(C)=O)[C@@H]4O3)[C@@H](OC(=O)c3ccccc3)[C@H](OC(=O)c3ccccc3)[C@@H]2OC(=O)c2ccccc2)[C@@H](OC(=O)c2ccccc2)[C@H](OC(=O)c2ccccc2)[C@@H]1OC(=O)c1ccccc1. The van der Waals surface area contributed by atoms with Gasteiger partial charge in [0.05, 0.1) is 46.6 Å². The van der Waals surface area contributed by atoms with Gasteiger partial charge in [0.1, 0.15) is 24.9 Å². The van der Waals surface area contributed by atoms with Crippen LogP contribution in [0.4, 0.5) is 0 Å². The van der Waals surface area contributed by atoms with Gasteiger partial charge in [-0.25, -0.2) is 28.8 Å². The highest BCUT2D eigenvalue weighted by molar-refractivity contribution is 5.93. The van der Waals surface area contributed by atoms with E-state index in [1.54, 1.807) is 109 Å². The lowest BCUT2D eigenvalue weighted by Crippen LogP contribution is -2.65. The molecule has 0 radical (unpaired) electrons. The van der Waals surface area contributed by atoms with Crippen LogP contribution in [0.5, 0.6) is 0 Å². The van der Waals surface area contributed by atoms with Crippen LogP contribution < -0.4 is 0 Å². The molecule has 498 valence electrons. The Hall–Kier alpha value is -9.77. The van der Waals surface area contributed by atoms with Gasteiger partial charge < -0.3 is 75.8 Å². The van der Waals surface area contributed by atoms with Gasteiger partial charge in [0.25, 0.3) is 5.97 Å². The molecule has 0 N–H and O–H groups in total. The third-order valence-corrected chi connectivity index (χ3v) is 15.2. The van der Waals surface area contributed by atoms with Gasteiger partial charge in [-0.15, -0.1) is 0 Å². The van der Waals surface area contributed by atoms with Crippen molar-refractivity contribution < 1.29 is 124 Å². The molecule has 6 aromatic carbocycles. The topological polar surface area (TPSA) is 311 Å². The number of esters is 9. The summed E-state index contributed by atoms with van der Waals surface area (Å²) in [5.41, 5.74) is 0.119. The van der Waals surface area contributed by atoms with Crippen molar-refractivity contribution in [3.63, 3.8) is 0 Å². The molecule has 26 nitrogen and oxygen atoms in total. The van der Waals surface area contributed by atoms with E-state index < -0.39 is 172 Å². The molecule has 0 spiro atoms. The fourth-order valence-electron chi connectivity index (χ4n) is 10.8. The van der Waals surface area contributed by atoms with E-state index in [4.69, 9.17) is 80.5 Å². The fourth-order valence-corrected chi connectivity index (χ4v) is 10.8. The van der Waals surface area contributed by atoms with Gasteiger partial charge in [-0.2, -0.15) is 0 Å². The standard InChI is InChI=1S/C69H66O26/c1-39(70)80-36-48-51(83-40(2)71)56(84-41(3)72)59-68(87-48)95-69(4,94-59)82-38-50-53(89-61(74)43-26-14-7-15-27-43)55(91-63(76)45-30-18-9-19-31-45)58(93-65(78)47-34-22-11-23-35-47)67(86-50)81-37-49-52(88-60(73)42-24-12-6-13-25-42)54(90-62(75)44-28-16-8-17-29-44)57(66(79-5)85-49)92-64(77)46-32-20-10-21-33-46/h6-35,48-59,66-68H,36-38H2,1-5H3/t48-,49-,50-,51-,52-,53-,54+,55+,56+,57+,58+,59+,66+,67+,68+,69+/m1/s1. The number of benzene rings is 6. The van der Waals surface area contributed by atoms with E-state index in [0.717, 1.165) is 20.8 Å². The lowest BCUT2D eigenvalue weighted by molar-refractivity contribution is -0.367. The molecule has 0 aliphatic carbocycles. The summed E-state index contributed by atoms with van der Waals surface area (Å²) in [6.07, 6.45) is -25.1. The highest BCUT2D eigenvalue weighted by atomic mass is 16.9. The van der Waals surface area contributed by atoms with Crippen LogP contribution in [0.15, 0.2) is 182 Å². The van der Waals surface area contributed by atoms with Crippen molar-refractivity contribution >= 4 is 53.7 Å². The highest BCUT2D eigenvalue weighted by Gasteiger charge is 2.61. The van der Waals surface area contributed by atoms with Crippen LogP contribution in [0.2, 0.25) is 0 Å². The Morgan fingerprint density at radius 2 is 0.663 bits per heavy atom. The van der Waals surface area contributed by atoms with Crippen molar-refractivity contribution in [2.75, 3.05) is 26.9 Å². The molecule has 0 bridgehead atoms. The predicted octanol–water partition coefficient (Wildman–Crippen LogP) is 6.71. The van der Waals surface area contributed by atoms with E-state index in [1.807, 2.05) is 0 Å². The second-order valence-electron chi connectivity index (χ2n) is 21.9. The smallest absolute Gasteiger partial charge is 0.338 e. The van der Waals surface area contributed by atoms with Crippen molar-refractivity contribution in [1.29, 1.82) is 0 Å².